The molecule has 4 rings (SSSR count). The molecule has 0 unspecified atom stereocenters. The lowest BCUT2D eigenvalue weighted by Gasteiger charge is -2.28. The van der Waals surface area contributed by atoms with E-state index >= 15 is 0 Å². The minimum absolute atomic E-state index is 0.0773. The minimum atomic E-state index is -0.732. The summed E-state index contributed by atoms with van der Waals surface area (Å²) in [6.45, 7) is 1.76. The van der Waals surface area contributed by atoms with E-state index in [1.165, 1.54) is 18.0 Å². The second kappa shape index (κ2) is 11.3. The van der Waals surface area contributed by atoms with Crippen molar-refractivity contribution >= 4 is 35.0 Å². The number of nitriles is 1. The first-order valence-electron chi connectivity index (χ1n) is 11.1. The third-order valence-corrected chi connectivity index (χ3v) is 6.49. The Morgan fingerprint density at radius 3 is 2.42 bits per heavy atom. The van der Waals surface area contributed by atoms with Crippen molar-refractivity contribution in [1.29, 1.82) is 5.26 Å². The Bertz CT molecular complexity index is 1340. The van der Waals surface area contributed by atoms with Crippen LogP contribution in [0.15, 0.2) is 99.3 Å². The highest BCUT2D eigenvalue weighted by atomic mass is 32.2. The van der Waals surface area contributed by atoms with Gasteiger partial charge in [-0.05, 0) is 55.5 Å². The number of amides is 2. The summed E-state index contributed by atoms with van der Waals surface area (Å²) in [5, 5.41) is 19.5. The van der Waals surface area contributed by atoms with Gasteiger partial charge in [-0.15, -0.1) is 0 Å². The van der Waals surface area contributed by atoms with E-state index in [-0.39, 0.29) is 17.6 Å². The van der Waals surface area contributed by atoms with Gasteiger partial charge in [0.05, 0.1) is 47.3 Å². The normalized spacial score (nSPS) is 15.1. The Labute approximate surface area is 213 Å². The number of rotatable bonds is 8. The number of hydrogen-bond donors (Lipinski definition) is 3. The first-order valence-corrected chi connectivity index (χ1v) is 12.1. The number of anilines is 2. The summed E-state index contributed by atoms with van der Waals surface area (Å²) in [4.78, 5) is 25.9. The van der Waals surface area contributed by atoms with Crippen LogP contribution in [0.25, 0.3) is 0 Å². The predicted molar refractivity (Wildman–Crippen MR) is 139 cm³/mol. The number of thioether (sulfide) groups is 1. The molecule has 1 aromatic heterocycles. The SMILES string of the molecule is COc1ccc(NC(=O)C2=C(C)NC(SCC(=O)Nc3ccccc3)=C(C#N)[C@H]2c2ccco2)cc1. The number of allylic oxidation sites excluding steroid dienone is 2. The molecular formula is C27H24N4O4S. The Morgan fingerprint density at radius 2 is 1.78 bits per heavy atom. The zero-order valence-electron chi connectivity index (χ0n) is 19.7. The van der Waals surface area contributed by atoms with E-state index in [1.54, 1.807) is 62.6 Å². The smallest absolute Gasteiger partial charge is 0.254 e. The molecule has 0 spiro atoms. The summed E-state index contributed by atoms with van der Waals surface area (Å²) in [6, 6.07) is 21.8. The fourth-order valence-electron chi connectivity index (χ4n) is 3.80. The molecule has 0 radical (unpaired) electrons. The number of hydrogen-bond acceptors (Lipinski definition) is 7. The van der Waals surface area contributed by atoms with Gasteiger partial charge in [-0.1, -0.05) is 30.0 Å². The standard InChI is InChI=1S/C27H24N4O4S/c1-17-24(26(33)31-19-10-12-20(34-2)13-11-19)25(22-9-6-14-35-22)21(15-28)27(29-17)36-16-23(32)30-18-7-4-3-5-8-18/h3-14,25,29H,16H2,1-2H3,(H,30,32)(H,31,33)/t25-/m0/s1. The third kappa shape index (κ3) is 5.62. The van der Waals surface area contributed by atoms with E-state index in [2.05, 4.69) is 22.0 Å². The second-order valence-electron chi connectivity index (χ2n) is 7.85. The lowest BCUT2D eigenvalue weighted by molar-refractivity contribution is -0.114. The molecule has 0 aliphatic carbocycles. The van der Waals surface area contributed by atoms with Crippen molar-refractivity contribution in [3.63, 3.8) is 0 Å². The first-order chi connectivity index (χ1) is 17.5. The van der Waals surface area contributed by atoms with Crippen LogP contribution in [0.4, 0.5) is 11.4 Å². The van der Waals surface area contributed by atoms with E-state index < -0.39 is 5.92 Å². The van der Waals surface area contributed by atoms with Gasteiger partial charge in [0.15, 0.2) is 0 Å². The maximum atomic E-state index is 13.4. The van der Waals surface area contributed by atoms with Crippen LogP contribution in [0, 0.1) is 11.3 Å². The van der Waals surface area contributed by atoms with Gasteiger partial charge in [-0.25, -0.2) is 0 Å². The molecule has 1 aliphatic rings. The summed E-state index contributed by atoms with van der Waals surface area (Å²) in [5.41, 5.74) is 2.49. The number of methoxy groups -OCH3 is 1. The maximum Gasteiger partial charge on any atom is 0.254 e. The van der Waals surface area contributed by atoms with Gasteiger partial charge in [0.2, 0.25) is 5.91 Å². The number of nitrogens with zero attached hydrogens (tertiary/aromatic N) is 1. The van der Waals surface area contributed by atoms with Crippen molar-refractivity contribution < 1.29 is 18.7 Å². The molecule has 0 saturated heterocycles. The van der Waals surface area contributed by atoms with Crippen molar-refractivity contribution in [2.24, 2.45) is 0 Å². The van der Waals surface area contributed by atoms with E-state index in [9.17, 15) is 14.9 Å². The molecule has 0 bridgehead atoms. The summed E-state index contributed by atoms with van der Waals surface area (Å²) in [6.07, 6.45) is 1.50. The average Bonchev–Trinajstić information content (AvgIpc) is 3.42. The summed E-state index contributed by atoms with van der Waals surface area (Å²) < 4.78 is 10.8. The highest BCUT2D eigenvalue weighted by molar-refractivity contribution is 8.03. The van der Waals surface area contributed by atoms with Crippen molar-refractivity contribution in [1.82, 2.24) is 5.32 Å². The van der Waals surface area contributed by atoms with Crippen LogP contribution in [0.1, 0.15) is 18.6 Å². The number of ether oxygens (including phenoxy) is 1. The first kappa shape index (κ1) is 24.7. The fraction of sp³-hybridized carbons (Fsp3) is 0.148. The minimum Gasteiger partial charge on any atom is -0.497 e. The molecular weight excluding hydrogens is 476 g/mol. The Hall–Kier alpha value is -4.42. The van der Waals surface area contributed by atoms with Crippen LogP contribution >= 0.6 is 11.8 Å². The Kier molecular flexibility index (Phi) is 7.78. The highest BCUT2D eigenvalue weighted by Gasteiger charge is 2.36. The molecule has 2 amide bonds. The molecule has 36 heavy (non-hydrogen) atoms. The van der Waals surface area contributed by atoms with E-state index in [1.807, 2.05) is 18.2 Å². The lowest BCUT2D eigenvalue weighted by atomic mass is 9.85. The van der Waals surface area contributed by atoms with Crippen LogP contribution in [0.5, 0.6) is 5.75 Å². The fourth-order valence-corrected chi connectivity index (χ4v) is 4.69. The van der Waals surface area contributed by atoms with Crippen LogP contribution in [-0.2, 0) is 9.59 Å². The molecule has 1 atom stereocenters. The number of nitrogens with one attached hydrogen (secondary N) is 3. The highest BCUT2D eigenvalue weighted by Crippen LogP contribution is 2.41. The van der Waals surface area contributed by atoms with Gasteiger partial charge in [0.25, 0.3) is 5.91 Å². The number of carbonyl (C=O) groups excluding carboxylic acids is 2. The quantitative estimate of drug-likeness (QED) is 0.399. The molecule has 9 heteroatoms. The summed E-state index contributed by atoms with van der Waals surface area (Å²) >= 11 is 1.20. The second-order valence-corrected chi connectivity index (χ2v) is 8.84. The van der Waals surface area contributed by atoms with Gasteiger partial charge in [0.1, 0.15) is 11.5 Å². The van der Waals surface area contributed by atoms with Gasteiger partial charge < -0.3 is 25.1 Å². The van der Waals surface area contributed by atoms with Crippen LogP contribution in [-0.4, -0.2) is 24.7 Å². The van der Waals surface area contributed by atoms with Gasteiger partial charge in [-0.2, -0.15) is 5.26 Å². The molecule has 0 fully saturated rings. The average molecular weight is 501 g/mol. The molecule has 0 saturated carbocycles. The number of carbonyl (C=O) groups is 2. The van der Waals surface area contributed by atoms with Crippen molar-refractivity contribution in [3.05, 3.63) is 101 Å². The summed E-state index contributed by atoms with van der Waals surface area (Å²) in [7, 11) is 1.57. The molecule has 8 nitrogen and oxygen atoms in total. The summed E-state index contributed by atoms with van der Waals surface area (Å²) in [5.74, 6) is -0.108. The number of furan rings is 1. The predicted octanol–water partition coefficient (Wildman–Crippen LogP) is 4.99. The lowest BCUT2D eigenvalue weighted by Crippen LogP contribution is -2.31. The molecule has 3 aromatic rings. The van der Waals surface area contributed by atoms with Crippen LogP contribution < -0.4 is 20.7 Å². The monoisotopic (exact) mass is 500 g/mol. The Morgan fingerprint density at radius 1 is 1.06 bits per heavy atom. The zero-order valence-corrected chi connectivity index (χ0v) is 20.5. The number of dihydropyridines is 1. The molecule has 1 aliphatic heterocycles. The van der Waals surface area contributed by atoms with Crippen molar-refractivity contribution in [2.75, 3.05) is 23.5 Å². The van der Waals surface area contributed by atoms with Crippen molar-refractivity contribution in [3.8, 4) is 11.8 Å². The van der Waals surface area contributed by atoms with Gasteiger partial charge in [0, 0.05) is 17.1 Å². The van der Waals surface area contributed by atoms with Gasteiger partial charge in [-0.3, -0.25) is 9.59 Å². The maximum absolute atomic E-state index is 13.4. The molecule has 2 heterocycles. The molecule has 2 aromatic carbocycles. The zero-order chi connectivity index (χ0) is 25.5. The van der Waals surface area contributed by atoms with E-state index in [0.717, 1.165) is 0 Å². The van der Waals surface area contributed by atoms with Gasteiger partial charge >= 0.3 is 0 Å². The van der Waals surface area contributed by atoms with E-state index in [4.69, 9.17) is 9.15 Å². The number of benzene rings is 2. The topological polar surface area (TPSA) is 116 Å². The molecule has 182 valence electrons. The van der Waals surface area contributed by atoms with Crippen molar-refractivity contribution in [2.45, 2.75) is 12.8 Å². The van der Waals surface area contributed by atoms with Crippen LogP contribution in [0.2, 0.25) is 0 Å². The Balaban J connectivity index is 1.57. The molecule has 3 N–H and O–H groups in total. The third-order valence-electron chi connectivity index (χ3n) is 5.47. The number of para-hydroxylation sites is 1. The van der Waals surface area contributed by atoms with Crippen LogP contribution in [0.3, 0.4) is 0 Å². The largest absolute Gasteiger partial charge is 0.497 e. The van der Waals surface area contributed by atoms with E-state index in [0.29, 0.717) is 44.8 Å².